The highest BCUT2D eigenvalue weighted by atomic mass is 35.5. The molecule has 0 saturated heterocycles. The summed E-state index contributed by atoms with van der Waals surface area (Å²) in [6, 6.07) is 4.26. The highest BCUT2D eigenvalue weighted by Gasteiger charge is 2.05. The van der Waals surface area contributed by atoms with Crippen LogP contribution >= 0.6 is 11.6 Å². The highest BCUT2D eigenvalue weighted by Crippen LogP contribution is 2.18. The second kappa shape index (κ2) is 4.14. The zero-order valence-corrected chi connectivity index (χ0v) is 9.50. The third-order valence-electron chi connectivity index (χ3n) is 2.32. The Balaban J connectivity index is 2.29. The molecule has 0 saturated carbocycles. The first-order chi connectivity index (χ1) is 7.56. The Bertz CT molecular complexity index is 502. The summed E-state index contributed by atoms with van der Waals surface area (Å²) in [5, 5.41) is 4.61. The number of nitrogens with two attached hydrogens (primary N) is 1. The van der Waals surface area contributed by atoms with Gasteiger partial charge in [-0.25, -0.2) is 4.39 Å². The molecule has 0 unspecified atom stereocenters. The lowest BCUT2D eigenvalue weighted by atomic mass is 10.2. The molecule has 1 aromatic heterocycles. The fourth-order valence-corrected chi connectivity index (χ4v) is 1.63. The average molecular weight is 240 g/mol. The average Bonchev–Trinajstić information content (AvgIpc) is 2.52. The van der Waals surface area contributed by atoms with Gasteiger partial charge < -0.3 is 5.73 Å². The predicted molar refractivity (Wildman–Crippen MR) is 61.9 cm³/mol. The van der Waals surface area contributed by atoms with Crippen molar-refractivity contribution >= 4 is 17.4 Å². The summed E-state index contributed by atoms with van der Waals surface area (Å²) in [4.78, 5) is 0. The number of rotatable bonds is 2. The van der Waals surface area contributed by atoms with Crippen LogP contribution in [0.5, 0.6) is 0 Å². The summed E-state index contributed by atoms with van der Waals surface area (Å²) in [7, 11) is 0. The van der Waals surface area contributed by atoms with E-state index in [1.807, 2.05) is 6.92 Å². The lowest BCUT2D eigenvalue weighted by Crippen LogP contribution is -2.02. The van der Waals surface area contributed by atoms with Gasteiger partial charge in [0.2, 0.25) is 0 Å². The third-order valence-corrected chi connectivity index (χ3v) is 2.69. The van der Waals surface area contributed by atoms with Gasteiger partial charge in [0, 0.05) is 16.8 Å². The first-order valence-electron chi connectivity index (χ1n) is 4.79. The maximum Gasteiger partial charge on any atom is 0.148 e. The Morgan fingerprint density at radius 1 is 1.50 bits per heavy atom. The van der Waals surface area contributed by atoms with Crippen LogP contribution in [0.15, 0.2) is 24.4 Å². The molecule has 5 heteroatoms. The summed E-state index contributed by atoms with van der Waals surface area (Å²) in [6.45, 7) is 2.28. The van der Waals surface area contributed by atoms with Crippen LogP contribution in [0.1, 0.15) is 11.1 Å². The first-order valence-corrected chi connectivity index (χ1v) is 5.17. The maximum absolute atomic E-state index is 13.0. The van der Waals surface area contributed by atoms with Crippen molar-refractivity contribution in [3.05, 3.63) is 46.4 Å². The number of nitrogen functional groups attached to an aromatic ring is 1. The molecule has 0 bridgehead atoms. The van der Waals surface area contributed by atoms with Crippen molar-refractivity contribution in [2.24, 2.45) is 0 Å². The van der Waals surface area contributed by atoms with Gasteiger partial charge in [0.15, 0.2) is 0 Å². The zero-order chi connectivity index (χ0) is 11.7. The van der Waals surface area contributed by atoms with Gasteiger partial charge in [-0.05, 0) is 30.7 Å². The molecule has 0 aliphatic carbocycles. The fourth-order valence-electron chi connectivity index (χ4n) is 1.46. The second-order valence-corrected chi connectivity index (χ2v) is 4.04. The van der Waals surface area contributed by atoms with E-state index < -0.39 is 0 Å². The van der Waals surface area contributed by atoms with E-state index in [0.29, 0.717) is 22.9 Å². The minimum absolute atomic E-state index is 0.309. The maximum atomic E-state index is 13.0. The van der Waals surface area contributed by atoms with Gasteiger partial charge in [0.05, 0.1) is 6.54 Å². The molecule has 2 aromatic rings. The summed E-state index contributed by atoms with van der Waals surface area (Å²) >= 11 is 5.95. The van der Waals surface area contributed by atoms with Crippen molar-refractivity contribution in [1.29, 1.82) is 0 Å². The molecular formula is C11H11ClFN3. The van der Waals surface area contributed by atoms with E-state index in [1.54, 1.807) is 10.9 Å². The molecular weight excluding hydrogens is 229 g/mol. The molecule has 0 radical (unpaired) electrons. The zero-order valence-electron chi connectivity index (χ0n) is 8.74. The van der Waals surface area contributed by atoms with Crippen molar-refractivity contribution < 1.29 is 4.39 Å². The first kappa shape index (κ1) is 11.0. The van der Waals surface area contributed by atoms with Gasteiger partial charge in [0.25, 0.3) is 0 Å². The summed E-state index contributed by atoms with van der Waals surface area (Å²) in [5.74, 6) is 0.170. The molecule has 1 heterocycles. The number of anilines is 1. The molecule has 0 amide bonds. The number of halogens is 2. The monoisotopic (exact) mass is 239 g/mol. The van der Waals surface area contributed by atoms with Gasteiger partial charge in [-0.3, -0.25) is 4.68 Å². The highest BCUT2D eigenvalue weighted by molar-refractivity contribution is 6.31. The van der Waals surface area contributed by atoms with Crippen molar-refractivity contribution in [2.45, 2.75) is 13.5 Å². The van der Waals surface area contributed by atoms with E-state index in [1.165, 1.54) is 18.2 Å². The smallest absolute Gasteiger partial charge is 0.148 e. The second-order valence-electron chi connectivity index (χ2n) is 3.63. The van der Waals surface area contributed by atoms with Crippen LogP contribution in [0.25, 0.3) is 0 Å². The number of benzene rings is 1. The normalized spacial score (nSPS) is 10.7. The molecule has 0 aliphatic heterocycles. The van der Waals surface area contributed by atoms with Crippen molar-refractivity contribution in [2.75, 3.05) is 5.73 Å². The van der Waals surface area contributed by atoms with Gasteiger partial charge in [-0.15, -0.1) is 0 Å². The Hall–Kier alpha value is -1.55. The molecule has 0 atom stereocenters. The van der Waals surface area contributed by atoms with E-state index >= 15 is 0 Å². The van der Waals surface area contributed by atoms with Crippen LogP contribution in [-0.4, -0.2) is 9.78 Å². The molecule has 3 nitrogen and oxygen atoms in total. The van der Waals surface area contributed by atoms with E-state index in [4.69, 9.17) is 17.3 Å². The van der Waals surface area contributed by atoms with Crippen LogP contribution in [0, 0.1) is 12.7 Å². The number of hydrogen-bond acceptors (Lipinski definition) is 2. The van der Waals surface area contributed by atoms with Gasteiger partial charge >= 0.3 is 0 Å². The number of aromatic nitrogens is 2. The minimum Gasteiger partial charge on any atom is -0.382 e. The van der Waals surface area contributed by atoms with E-state index in [0.717, 1.165) is 5.56 Å². The van der Waals surface area contributed by atoms with Crippen molar-refractivity contribution in [3.8, 4) is 0 Å². The molecule has 16 heavy (non-hydrogen) atoms. The summed E-state index contributed by atoms with van der Waals surface area (Å²) in [6.07, 6.45) is 1.80. The van der Waals surface area contributed by atoms with Gasteiger partial charge in [-0.1, -0.05) is 11.6 Å². The SMILES string of the molecule is Cc1cn(Cc2cc(F)ccc2Cl)nc1N. The quantitative estimate of drug-likeness (QED) is 0.876. The molecule has 1 aromatic carbocycles. The van der Waals surface area contributed by atoms with E-state index in [2.05, 4.69) is 5.10 Å². The molecule has 2 rings (SSSR count). The van der Waals surface area contributed by atoms with E-state index in [-0.39, 0.29) is 5.82 Å². The van der Waals surface area contributed by atoms with Crippen molar-refractivity contribution in [1.82, 2.24) is 9.78 Å². The van der Waals surface area contributed by atoms with Crippen LogP contribution in [0.2, 0.25) is 5.02 Å². The lowest BCUT2D eigenvalue weighted by molar-refractivity contribution is 0.619. The lowest BCUT2D eigenvalue weighted by Gasteiger charge is -2.04. The van der Waals surface area contributed by atoms with Gasteiger partial charge in [0.1, 0.15) is 11.6 Å². The Morgan fingerprint density at radius 3 is 2.88 bits per heavy atom. The summed E-state index contributed by atoms with van der Waals surface area (Å²) < 4.78 is 14.7. The van der Waals surface area contributed by atoms with Crippen LogP contribution in [0.3, 0.4) is 0 Å². The fraction of sp³-hybridized carbons (Fsp3) is 0.182. The molecule has 0 fully saturated rings. The minimum atomic E-state index is -0.309. The number of hydrogen-bond donors (Lipinski definition) is 1. The largest absolute Gasteiger partial charge is 0.382 e. The Labute approximate surface area is 97.6 Å². The Kier molecular flexibility index (Phi) is 2.83. The molecule has 0 aliphatic rings. The standard InChI is InChI=1S/C11H11ClFN3/c1-7-5-16(15-11(7)14)6-8-4-9(13)2-3-10(8)12/h2-5H,6H2,1H3,(H2,14,15). The van der Waals surface area contributed by atoms with Crippen LogP contribution in [0.4, 0.5) is 10.2 Å². The molecule has 84 valence electrons. The van der Waals surface area contributed by atoms with E-state index in [9.17, 15) is 4.39 Å². The number of aryl methyl sites for hydroxylation is 1. The predicted octanol–water partition coefficient (Wildman–Crippen LogP) is 2.61. The topological polar surface area (TPSA) is 43.8 Å². The molecule has 0 spiro atoms. The molecule has 2 N–H and O–H groups in total. The van der Waals surface area contributed by atoms with Crippen LogP contribution < -0.4 is 5.73 Å². The number of nitrogens with zero attached hydrogens (tertiary/aromatic N) is 2. The third kappa shape index (κ3) is 2.17. The summed E-state index contributed by atoms with van der Waals surface area (Å²) in [5.41, 5.74) is 7.20. The van der Waals surface area contributed by atoms with Crippen LogP contribution in [-0.2, 0) is 6.54 Å². The van der Waals surface area contributed by atoms with Crippen molar-refractivity contribution in [3.63, 3.8) is 0 Å². The Morgan fingerprint density at radius 2 is 2.25 bits per heavy atom. The van der Waals surface area contributed by atoms with Gasteiger partial charge in [-0.2, -0.15) is 5.10 Å².